The van der Waals surface area contributed by atoms with Crippen molar-refractivity contribution < 1.29 is 166 Å². The summed E-state index contributed by atoms with van der Waals surface area (Å²) in [6.07, 6.45) is -1.41. The van der Waals surface area contributed by atoms with Crippen molar-refractivity contribution in [3.8, 4) is 5.75 Å². The molecule has 58 heavy (non-hydrogen) atoms. The van der Waals surface area contributed by atoms with Crippen molar-refractivity contribution in [2.45, 2.75) is 14.7 Å². The minimum atomic E-state index is -5.25. The minimum Gasteiger partial charge on any atom is -0.744 e. The molecular weight excluding hydrogens is 914 g/mol. The van der Waals surface area contributed by atoms with Crippen LogP contribution in [0, 0.1) is 6.08 Å². The third-order valence-corrected chi connectivity index (χ3v) is 8.69. The van der Waals surface area contributed by atoms with Gasteiger partial charge in [0, 0.05) is 21.7 Å². The number of aromatic hydroxyl groups is 1. The van der Waals surface area contributed by atoms with Gasteiger partial charge in [0.05, 0.1) is 27.5 Å². The van der Waals surface area contributed by atoms with Crippen LogP contribution < -0.4 is 105 Å². The van der Waals surface area contributed by atoms with Gasteiger partial charge >= 0.3 is 118 Å². The Hall–Kier alpha value is -2.67. The predicted octanol–water partition coefficient (Wildman–Crippen LogP) is -4.90. The maximum absolute atomic E-state index is 14.5. The van der Waals surface area contributed by atoms with E-state index in [4.69, 9.17) is 0 Å². The summed E-state index contributed by atoms with van der Waals surface area (Å²) in [5, 5.41) is 50.8. The first-order chi connectivity index (χ1) is 25.6. The van der Waals surface area contributed by atoms with E-state index in [-0.39, 0.29) is 139 Å². The molecular formula is C29H18CuFN9Na3O12S3. The van der Waals surface area contributed by atoms with E-state index in [2.05, 4.69) is 55.7 Å². The summed E-state index contributed by atoms with van der Waals surface area (Å²) in [6, 6.07) is 17.2. The van der Waals surface area contributed by atoms with E-state index in [1.54, 1.807) is 18.2 Å². The molecule has 0 bridgehead atoms. The van der Waals surface area contributed by atoms with Crippen molar-refractivity contribution >= 4 is 78.7 Å². The van der Waals surface area contributed by atoms with Gasteiger partial charge in [-0.2, -0.15) is 23.7 Å². The second kappa shape index (κ2) is 23.9. The van der Waals surface area contributed by atoms with Crippen LogP contribution in [0.25, 0.3) is 5.43 Å². The summed E-state index contributed by atoms with van der Waals surface area (Å²) in [7, 11) is -10.1. The first-order valence-corrected chi connectivity index (χ1v) is 17.8. The predicted molar refractivity (Wildman–Crippen MR) is 179 cm³/mol. The molecule has 0 spiro atoms. The van der Waals surface area contributed by atoms with Gasteiger partial charge in [0.1, 0.15) is 25.9 Å². The SMILES string of the molecule is O=C(O)c1ccc(SOO[O-])cc1[N-]/N=C(\N=Nc1cc(S(=O)(=O)[O-])cc(Nc2nc(F)nc(Nc3cccc(S(=O)(=O)[O-])c3)n2)c1O)c1ccccc1.[Cu+].[Na+].[Na+].[Na+]. The molecule has 1 aromatic heterocycles. The standard InChI is InChI=1S/C29H22FN9O12S3.Cu.3Na/c30-27-33-28(31-16-7-4-8-18(11-16)53(44,45)46)35-29(34-27)32-22-13-19(54(47,48)49)14-23(24(22)40)37-39-25(15-5-2-1-3-6-15)38-36-21-12-17(52-51-50-43)9-10-20(21)26(41)42;;;;/h1-14H,(H8,31,32,33,34,35,36,37,38,39,40,41,42,43,44,45,46,47,48,49);;;;/q;4*+1/p-4. The van der Waals surface area contributed by atoms with Crippen molar-refractivity contribution in [1.29, 1.82) is 0 Å². The number of nitrogens with one attached hydrogen (secondary N) is 2. The van der Waals surface area contributed by atoms with Gasteiger partial charge in [0.25, 0.3) is 0 Å². The summed E-state index contributed by atoms with van der Waals surface area (Å²) in [4.78, 5) is 21.1. The zero-order valence-corrected chi connectivity index (χ0v) is 39.0. The van der Waals surface area contributed by atoms with Gasteiger partial charge in [0.15, 0.2) is 11.6 Å². The van der Waals surface area contributed by atoms with Crippen LogP contribution in [0.4, 0.5) is 39.0 Å². The van der Waals surface area contributed by atoms with E-state index in [1.165, 1.54) is 36.4 Å². The minimum absolute atomic E-state index is 0. The molecule has 290 valence electrons. The molecule has 0 radical (unpaired) electrons. The number of azo groups is 1. The number of hydrogen-bond donors (Lipinski definition) is 4. The largest absolute Gasteiger partial charge is 1.00 e. The number of anilines is 4. The maximum atomic E-state index is 14.5. The molecule has 4 N–H and O–H groups in total. The van der Waals surface area contributed by atoms with Gasteiger partial charge in [-0.3, -0.25) is 5.04 Å². The first-order valence-electron chi connectivity index (χ1n) is 14.2. The number of amidine groups is 1. The molecule has 0 aliphatic carbocycles. The molecule has 0 amide bonds. The molecule has 0 saturated heterocycles. The number of benzene rings is 4. The monoisotopic (exact) mass is 931 g/mol. The molecule has 0 aliphatic rings. The van der Waals surface area contributed by atoms with Crippen molar-refractivity contribution in [3.05, 3.63) is 108 Å². The van der Waals surface area contributed by atoms with E-state index in [1.807, 2.05) is 0 Å². The summed E-state index contributed by atoms with van der Waals surface area (Å²) in [6.45, 7) is 0. The van der Waals surface area contributed by atoms with Crippen LogP contribution in [0.1, 0.15) is 15.9 Å². The second-order valence-corrected chi connectivity index (χ2v) is 13.6. The smallest absolute Gasteiger partial charge is 0.744 e. The number of phenols is 1. The van der Waals surface area contributed by atoms with E-state index in [9.17, 15) is 50.6 Å². The Morgan fingerprint density at radius 2 is 1.50 bits per heavy atom. The van der Waals surface area contributed by atoms with Crippen LogP contribution in [0.3, 0.4) is 0 Å². The summed E-state index contributed by atoms with van der Waals surface area (Å²) >= 11 is 0.449. The van der Waals surface area contributed by atoms with E-state index in [0.29, 0.717) is 24.2 Å². The molecule has 5 aromatic rings. The fourth-order valence-corrected chi connectivity index (χ4v) is 5.58. The Bertz CT molecular complexity index is 2520. The zero-order valence-electron chi connectivity index (χ0n) is 29.6. The fraction of sp³-hybridized carbons (Fsp3) is 0. The Kier molecular flexibility index (Phi) is 22.0. The van der Waals surface area contributed by atoms with Gasteiger partial charge < -0.3 is 45.7 Å². The van der Waals surface area contributed by atoms with Crippen LogP contribution in [-0.4, -0.2) is 62.9 Å². The summed E-state index contributed by atoms with van der Waals surface area (Å²) in [5.74, 6) is -3.78. The zero-order chi connectivity index (χ0) is 39.0. The van der Waals surface area contributed by atoms with Crippen LogP contribution >= 0.6 is 12.0 Å². The molecule has 0 atom stereocenters. The van der Waals surface area contributed by atoms with Gasteiger partial charge in [-0.1, -0.05) is 42.5 Å². The van der Waals surface area contributed by atoms with Crippen LogP contribution in [0.2, 0.25) is 0 Å². The number of carboxylic acid groups (broad SMARTS) is 1. The number of aromatic nitrogens is 3. The van der Waals surface area contributed by atoms with Crippen molar-refractivity contribution in [2.75, 3.05) is 10.6 Å². The fourth-order valence-electron chi connectivity index (χ4n) is 4.16. The van der Waals surface area contributed by atoms with Gasteiger partial charge in [0.2, 0.25) is 11.9 Å². The molecule has 29 heteroatoms. The number of nitrogens with zero attached hydrogens (tertiary/aromatic N) is 7. The van der Waals surface area contributed by atoms with E-state index >= 15 is 0 Å². The molecule has 0 aliphatic heterocycles. The number of halogens is 1. The number of carbonyl (C=O) groups is 1. The molecule has 0 unspecified atom stereocenters. The van der Waals surface area contributed by atoms with Gasteiger partial charge in [-0.25, -0.2) is 21.6 Å². The van der Waals surface area contributed by atoms with Crippen molar-refractivity contribution in [1.82, 2.24) is 15.0 Å². The second-order valence-electron chi connectivity index (χ2n) is 10.1. The van der Waals surface area contributed by atoms with Crippen LogP contribution in [0.5, 0.6) is 5.75 Å². The molecule has 5 rings (SSSR count). The number of hydrogen-bond acceptors (Lipinski definition) is 19. The third-order valence-electron chi connectivity index (χ3n) is 6.48. The maximum Gasteiger partial charge on any atom is 1.00 e. The number of phenolic OH excluding ortho intramolecular Hbond substituents is 1. The Balaban J connectivity index is 0.00000420. The molecule has 1 heterocycles. The number of rotatable bonds is 14. The summed E-state index contributed by atoms with van der Waals surface area (Å²) in [5.41, 5.74) is 2.32. The molecule has 0 fully saturated rings. The summed E-state index contributed by atoms with van der Waals surface area (Å²) < 4.78 is 89.1. The van der Waals surface area contributed by atoms with Gasteiger partial charge in [-0.05, 0) is 42.5 Å². The molecule has 4 aromatic carbocycles. The van der Waals surface area contributed by atoms with Gasteiger partial charge in [-0.15, -0.1) is 15.9 Å². The molecule has 21 nitrogen and oxygen atoms in total. The Morgan fingerprint density at radius 3 is 2.12 bits per heavy atom. The van der Waals surface area contributed by atoms with E-state index < -0.39 is 71.1 Å². The number of carboxylic acids is 1. The normalized spacial score (nSPS) is 11.3. The van der Waals surface area contributed by atoms with Crippen LogP contribution in [-0.2, 0) is 46.7 Å². The average Bonchev–Trinajstić information content (AvgIpc) is 3.11. The molecule has 0 saturated carbocycles. The topological polar surface area (TPSA) is 327 Å². The number of aromatic carboxylic acids is 1. The third kappa shape index (κ3) is 15.1. The first kappa shape index (κ1) is 53.3. The Labute approximate surface area is 408 Å². The van der Waals surface area contributed by atoms with Crippen molar-refractivity contribution in [2.24, 2.45) is 15.3 Å². The Morgan fingerprint density at radius 1 is 0.845 bits per heavy atom. The van der Waals surface area contributed by atoms with E-state index in [0.717, 1.165) is 18.2 Å². The average molecular weight is 932 g/mol. The van der Waals surface area contributed by atoms with Crippen LogP contribution in [0.15, 0.2) is 115 Å². The quantitative estimate of drug-likeness (QED) is 0.00933. The van der Waals surface area contributed by atoms with Crippen molar-refractivity contribution in [3.63, 3.8) is 0 Å².